The summed E-state index contributed by atoms with van der Waals surface area (Å²) in [5.74, 6) is 0.106. The molecule has 0 bridgehead atoms. The summed E-state index contributed by atoms with van der Waals surface area (Å²) in [6.45, 7) is 1.86. The van der Waals surface area contributed by atoms with Crippen LogP contribution in [0.5, 0.6) is 5.75 Å². The van der Waals surface area contributed by atoms with Crippen LogP contribution >= 0.6 is 0 Å². The standard InChI is InChI=1S/C17H12N2O3S/c1-13-5-7-17(8-6-13)23(20,21)22-16-4-2-3-14(10-16)9-15(11-18)12-19/h2-10H,1H3. The normalized spacial score (nSPS) is 10.2. The van der Waals surface area contributed by atoms with Crippen LogP contribution in [0.15, 0.2) is 59.0 Å². The molecule has 0 radical (unpaired) electrons. The molecule has 5 nitrogen and oxygen atoms in total. The maximum atomic E-state index is 12.2. The van der Waals surface area contributed by atoms with Crippen molar-refractivity contribution in [1.82, 2.24) is 0 Å². The van der Waals surface area contributed by atoms with Crippen LogP contribution in [-0.4, -0.2) is 8.42 Å². The third kappa shape index (κ3) is 4.19. The van der Waals surface area contributed by atoms with Gasteiger partial charge in [0.2, 0.25) is 0 Å². The van der Waals surface area contributed by atoms with Gasteiger partial charge in [-0.25, -0.2) is 0 Å². The summed E-state index contributed by atoms with van der Waals surface area (Å²) in [5.41, 5.74) is 1.36. The van der Waals surface area contributed by atoms with Crippen molar-refractivity contribution >= 4 is 16.2 Å². The van der Waals surface area contributed by atoms with Crippen LogP contribution < -0.4 is 4.18 Å². The number of rotatable bonds is 4. The molecule has 0 aliphatic rings. The van der Waals surface area contributed by atoms with Crippen molar-refractivity contribution in [2.24, 2.45) is 0 Å². The van der Waals surface area contributed by atoms with Gasteiger partial charge >= 0.3 is 10.1 Å². The zero-order valence-electron chi connectivity index (χ0n) is 12.2. The molecular weight excluding hydrogens is 312 g/mol. The third-order valence-corrected chi connectivity index (χ3v) is 4.19. The van der Waals surface area contributed by atoms with E-state index < -0.39 is 10.1 Å². The first-order chi connectivity index (χ1) is 10.9. The molecule has 0 aliphatic carbocycles. The summed E-state index contributed by atoms with van der Waals surface area (Å²) >= 11 is 0. The lowest BCUT2D eigenvalue weighted by molar-refractivity contribution is 0.486. The average molecular weight is 324 g/mol. The molecule has 114 valence electrons. The van der Waals surface area contributed by atoms with Crippen molar-refractivity contribution in [3.63, 3.8) is 0 Å². The van der Waals surface area contributed by atoms with E-state index in [0.29, 0.717) is 5.56 Å². The summed E-state index contributed by atoms with van der Waals surface area (Å²) in [7, 11) is -3.94. The molecule has 0 atom stereocenters. The van der Waals surface area contributed by atoms with Gasteiger partial charge < -0.3 is 4.18 Å². The number of benzene rings is 2. The molecule has 0 N–H and O–H groups in total. The van der Waals surface area contributed by atoms with Crippen molar-refractivity contribution < 1.29 is 12.6 Å². The number of hydrogen-bond donors (Lipinski definition) is 0. The van der Waals surface area contributed by atoms with Crippen LogP contribution in [0.1, 0.15) is 11.1 Å². The van der Waals surface area contributed by atoms with Crippen LogP contribution in [0.2, 0.25) is 0 Å². The second-order valence-corrected chi connectivity index (χ2v) is 6.25. The molecule has 0 fully saturated rings. The van der Waals surface area contributed by atoms with Gasteiger partial charge in [-0.05, 0) is 42.8 Å². The highest BCUT2D eigenvalue weighted by Crippen LogP contribution is 2.21. The Morgan fingerprint density at radius 1 is 1.09 bits per heavy atom. The Morgan fingerprint density at radius 3 is 2.35 bits per heavy atom. The molecule has 0 saturated heterocycles. The van der Waals surface area contributed by atoms with Gasteiger partial charge in [0.25, 0.3) is 0 Å². The quantitative estimate of drug-likeness (QED) is 0.636. The van der Waals surface area contributed by atoms with Crippen molar-refractivity contribution in [1.29, 1.82) is 10.5 Å². The lowest BCUT2D eigenvalue weighted by Crippen LogP contribution is -2.09. The number of nitriles is 2. The molecule has 0 spiro atoms. The molecule has 0 heterocycles. The third-order valence-electron chi connectivity index (χ3n) is 2.93. The Labute approximate surface area is 134 Å². The van der Waals surface area contributed by atoms with Crippen LogP contribution in [-0.2, 0) is 10.1 Å². The van der Waals surface area contributed by atoms with E-state index in [1.165, 1.54) is 30.3 Å². The smallest absolute Gasteiger partial charge is 0.339 e. The molecule has 2 rings (SSSR count). The van der Waals surface area contributed by atoms with Crippen molar-refractivity contribution in [2.45, 2.75) is 11.8 Å². The van der Waals surface area contributed by atoms with Crippen molar-refractivity contribution in [3.05, 3.63) is 65.2 Å². The van der Waals surface area contributed by atoms with Crippen LogP contribution in [0.25, 0.3) is 6.08 Å². The molecule has 0 unspecified atom stereocenters. The van der Waals surface area contributed by atoms with Gasteiger partial charge in [-0.2, -0.15) is 18.9 Å². The highest BCUT2D eigenvalue weighted by atomic mass is 32.2. The van der Waals surface area contributed by atoms with Gasteiger partial charge in [-0.15, -0.1) is 0 Å². The van der Waals surface area contributed by atoms with Gasteiger partial charge in [0, 0.05) is 0 Å². The SMILES string of the molecule is Cc1ccc(S(=O)(=O)Oc2cccc(C=C(C#N)C#N)c2)cc1. The summed E-state index contributed by atoms with van der Waals surface area (Å²) in [6, 6.07) is 15.9. The molecule has 0 saturated carbocycles. The number of hydrogen-bond acceptors (Lipinski definition) is 5. The first-order valence-corrected chi connectivity index (χ1v) is 7.98. The zero-order chi connectivity index (χ0) is 16.9. The molecule has 6 heteroatoms. The summed E-state index contributed by atoms with van der Waals surface area (Å²) in [4.78, 5) is 0.0544. The predicted molar refractivity (Wildman–Crippen MR) is 84.6 cm³/mol. The van der Waals surface area contributed by atoms with Crippen LogP contribution in [0.4, 0.5) is 0 Å². The number of allylic oxidation sites excluding steroid dienone is 1. The second-order valence-electron chi connectivity index (χ2n) is 4.70. The molecular formula is C17H12N2O3S. The largest absolute Gasteiger partial charge is 0.379 e. The average Bonchev–Trinajstić information content (AvgIpc) is 2.53. The van der Waals surface area contributed by atoms with E-state index in [9.17, 15) is 8.42 Å². The van der Waals surface area contributed by atoms with E-state index in [4.69, 9.17) is 14.7 Å². The fourth-order valence-corrected chi connectivity index (χ4v) is 2.71. The minimum Gasteiger partial charge on any atom is -0.379 e. The fraction of sp³-hybridized carbons (Fsp3) is 0.0588. The Morgan fingerprint density at radius 2 is 1.74 bits per heavy atom. The Hall–Kier alpha value is -3.09. The molecule has 0 aromatic heterocycles. The van der Waals surface area contributed by atoms with E-state index in [-0.39, 0.29) is 16.2 Å². The van der Waals surface area contributed by atoms with E-state index in [2.05, 4.69) is 0 Å². The molecule has 2 aromatic carbocycles. The van der Waals surface area contributed by atoms with Gasteiger partial charge in [0.15, 0.2) is 0 Å². The molecule has 23 heavy (non-hydrogen) atoms. The Balaban J connectivity index is 2.31. The number of aryl methyl sites for hydroxylation is 1. The van der Waals surface area contributed by atoms with Gasteiger partial charge in [-0.1, -0.05) is 29.8 Å². The van der Waals surface area contributed by atoms with Gasteiger partial charge in [0.1, 0.15) is 28.4 Å². The van der Waals surface area contributed by atoms with Crippen LogP contribution in [0, 0.1) is 29.6 Å². The topological polar surface area (TPSA) is 90.9 Å². The van der Waals surface area contributed by atoms with Crippen molar-refractivity contribution in [3.8, 4) is 17.9 Å². The Kier molecular flexibility index (Phi) is 4.80. The van der Waals surface area contributed by atoms with Gasteiger partial charge in [-0.3, -0.25) is 0 Å². The van der Waals surface area contributed by atoms with E-state index >= 15 is 0 Å². The van der Waals surface area contributed by atoms with E-state index in [1.807, 2.05) is 6.92 Å². The maximum absolute atomic E-state index is 12.2. The maximum Gasteiger partial charge on any atom is 0.339 e. The van der Waals surface area contributed by atoms with E-state index in [1.54, 1.807) is 36.4 Å². The highest BCUT2D eigenvalue weighted by Gasteiger charge is 2.16. The predicted octanol–water partition coefficient (Wildman–Crippen LogP) is 3.19. The highest BCUT2D eigenvalue weighted by molar-refractivity contribution is 7.87. The zero-order valence-corrected chi connectivity index (χ0v) is 13.0. The first-order valence-electron chi connectivity index (χ1n) is 6.58. The van der Waals surface area contributed by atoms with Crippen LogP contribution in [0.3, 0.4) is 0 Å². The summed E-state index contributed by atoms with van der Waals surface area (Å²) in [6.07, 6.45) is 1.35. The molecule has 0 aliphatic heterocycles. The second kappa shape index (κ2) is 6.78. The first kappa shape index (κ1) is 16.3. The number of nitrogens with zero attached hydrogens (tertiary/aromatic N) is 2. The van der Waals surface area contributed by atoms with E-state index in [0.717, 1.165) is 5.56 Å². The minimum atomic E-state index is -3.94. The minimum absolute atomic E-state index is 0.0544. The molecule has 2 aromatic rings. The lowest BCUT2D eigenvalue weighted by Gasteiger charge is -2.07. The summed E-state index contributed by atoms with van der Waals surface area (Å²) in [5, 5.41) is 17.5. The van der Waals surface area contributed by atoms with Crippen molar-refractivity contribution in [2.75, 3.05) is 0 Å². The Bertz CT molecular complexity index is 915. The lowest BCUT2D eigenvalue weighted by atomic mass is 10.1. The summed E-state index contributed by atoms with van der Waals surface area (Å²) < 4.78 is 29.5. The monoisotopic (exact) mass is 324 g/mol. The van der Waals surface area contributed by atoms with Gasteiger partial charge in [0.05, 0.1) is 0 Å². The molecule has 0 amide bonds. The fourth-order valence-electron chi connectivity index (χ4n) is 1.79.